The van der Waals surface area contributed by atoms with Gasteiger partial charge in [-0.25, -0.2) is 0 Å². The number of para-hydroxylation sites is 1. The molecule has 0 atom stereocenters. The second-order valence-corrected chi connectivity index (χ2v) is 4.72. The van der Waals surface area contributed by atoms with Crippen molar-refractivity contribution in [3.05, 3.63) is 72.4 Å². The quantitative estimate of drug-likeness (QED) is 0.505. The summed E-state index contributed by atoms with van der Waals surface area (Å²) in [6.45, 7) is 0.963. The number of hydrogen-bond donors (Lipinski definition) is 1. The largest absolute Gasteiger partial charge is 1.00 e. The molecular weight excluding hydrogens is 359 g/mol. The van der Waals surface area contributed by atoms with Crippen molar-refractivity contribution < 1.29 is 28.5 Å². The second kappa shape index (κ2) is 6.70. The topological polar surface area (TPSA) is 29.9 Å². The van der Waals surface area contributed by atoms with Crippen LogP contribution >= 0.6 is 0 Å². The van der Waals surface area contributed by atoms with Crippen LogP contribution in [0, 0.1) is 0 Å². The molecule has 2 nitrogen and oxygen atoms in total. The Morgan fingerprint density at radius 3 is 2.35 bits per heavy atom. The van der Waals surface area contributed by atoms with Crippen molar-refractivity contribution in [2.75, 3.05) is 5.73 Å². The van der Waals surface area contributed by atoms with Crippen LogP contribution in [0.5, 0.6) is 0 Å². The maximum Gasteiger partial charge on any atom is 0.214 e. The van der Waals surface area contributed by atoms with Crippen molar-refractivity contribution in [2.24, 2.45) is 0 Å². The standard InChI is InChI=1S/C17H16N2.HI/c18-16-11-13-19(17-9-5-4-8-15(16)17)12-10-14-6-2-1-3-7-14;/h1-9,11,13,18H,10,12H2;1H. The number of halogens is 1. The predicted octanol–water partition coefficient (Wildman–Crippen LogP) is -0.0438. The first-order valence-electron chi connectivity index (χ1n) is 6.55. The molecule has 0 aliphatic rings. The number of nitrogen functional groups attached to an aromatic ring is 1. The molecule has 3 rings (SSSR count). The number of aromatic nitrogens is 1. The van der Waals surface area contributed by atoms with E-state index in [-0.39, 0.29) is 24.0 Å². The van der Waals surface area contributed by atoms with E-state index in [1.165, 1.54) is 11.1 Å². The van der Waals surface area contributed by atoms with E-state index in [0.717, 1.165) is 24.0 Å². The van der Waals surface area contributed by atoms with Gasteiger partial charge >= 0.3 is 0 Å². The molecule has 0 spiro atoms. The third-order valence-corrected chi connectivity index (χ3v) is 3.44. The molecule has 102 valence electrons. The molecule has 1 heterocycles. The Hall–Kier alpha value is -1.62. The van der Waals surface area contributed by atoms with Crippen molar-refractivity contribution in [3.63, 3.8) is 0 Å². The van der Waals surface area contributed by atoms with E-state index in [0.29, 0.717) is 0 Å². The Labute approximate surface area is 136 Å². The summed E-state index contributed by atoms with van der Waals surface area (Å²) in [5.41, 5.74) is 9.41. The van der Waals surface area contributed by atoms with Crippen LogP contribution in [0.4, 0.5) is 5.69 Å². The average Bonchev–Trinajstić information content (AvgIpc) is 2.48. The van der Waals surface area contributed by atoms with Gasteiger partial charge in [0.25, 0.3) is 0 Å². The minimum absolute atomic E-state index is 0. The van der Waals surface area contributed by atoms with Crippen molar-refractivity contribution in [2.45, 2.75) is 13.0 Å². The first kappa shape index (κ1) is 14.8. The minimum atomic E-state index is 0. The van der Waals surface area contributed by atoms with E-state index in [1.807, 2.05) is 12.1 Å². The van der Waals surface area contributed by atoms with Crippen molar-refractivity contribution >= 4 is 16.6 Å². The highest BCUT2D eigenvalue weighted by molar-refractivity contribution is 5.87. The zero-order valence-corrected chi connectivity index (χ0v) is 13.3. The van der Waals surface area contributed by atoms with E-state index in [2.05, 4.69) is 59.3 Å². The van der Waals surface area contributed by atoms with E-state index >= 15 is 0 Å². The summed E-state index contributed by atoms with van der Waals surface area (Å²) in [6, 6.07) is 20.8. The monoisotopic (exact) mass is 376 g/mol. The number of rotatable bonds is 3. The maximum absolute atomic E-state index is 6.02. The van der Waals surface area contributed by atoms with Gasteiger partial charge in [0, 0.05) is 18.6 Å². The van der Waals surface area contributed by atoms with Gasteiger partial charge in [-0.05, 0) is 11.6 Å². The van der Waals surface area contributed by atoms with Crippen molar-refractivity contribution in [1.29, 1.82) is 0 Å². The zero-order valence-electron chi connectivity index (χ0n) is 11.2. The number of nitrogens with zero attached hydrogens (tertiary/aromatic N) is 1. The van der Waals surface area contributed by atoms with Crippen LogP contribution < -0.4 is 34.3 Å². The normalized spacial score (nSPS) is 10.2. The molecule has 0 radical (unpaired) electrons. The van der Waals surface area contributed by atoms with Gasteiger partial charge in [-0.2, -0.15) is 4.57 Å². The van der Waals surface area contributed by atoms with E-state index in [1.54, 1.807) is 0 Å². The van der Waals surface area contributed by atoms with Gasteiger partial charge in [0.1, 0.15) is 0 Å². The summed E-state index contributed by atoms with van der Waals surface area (Å²) in [4.78, 5) is 0. The third-order valence-electron chi connectivity index (χ3n) is 3.44. The third kappa shape index (κ3) is 3.10. The van der Waals surface area contributed by atoms with Crippen LogP contribution in [0.3, 0.4) is 0 Å². The van der Waals surface area contributed by atoms with E-state index < -0.39 is 0 Å². The summed E-state index contributed by atoms with van der Waals surface area (Å²) in [5, 5.41) is 1.12. The Kier molecular flexibility index (Phi) is 4.95. The Bertz CT molecular complexity index is 696. The van der Waals surface area contributed by atoms with Crippen molar-refractivity contribution in [3.8, 4) is 0 Å². The number of anilines is 1. The highest BCUT2D eigenvalue weighted by Gasteiger charge is 2.10. The predicted molar refractivity (Wildman–Crippen MR) is 78.7 cm³/mol. The highest BCUT2D eigenvalue weighted by atomic mass is 127. The van der Waals surface area contributed by atoms with Crippen LogP contribution in [-0.2, 0) is 13.0 Å². The molecule has 1 aromatic heterocycles. The van der Waals surface area contributed by atoms with Crippen LogP contribution in [-0.4, -0.2) is 0 Å². The fourth-order valence-corrected chi connectivity index (χ4v) is 2.40. The van der Waals surface area contributed by atoms with Crippen LogP contribution in [0.1, 0.15) is 5.56 Å². The smallest absolute Gasteiger partial charge is 0.214 e. The molecular formula is C17H17IN2. The Morgan fingerprint density at radius 2 is 1.55 bits per heavy atom. The van der Waals surface area contributed by atoms with Gasteiger partial charge in [0.05, 0.1) is 11.1 Å². The number of nitrogens with two attached hydrogens (primary N) is 1. The van der Waals surface area contributed by atoms with Gasteiger partial charge in [-0.3, -0.25) is 0 Å². The Balaban J connectivity index is 0.00000147. The van der Waals surface area contributed by atoms with Crippen LogP contribution in [0.25, 0.3) is 10.9 Å². The molecule has 3 heteroatoms. The first-order chi connectivity index (χ1) is 9.34. The SMILES string of the molecule is Nc1cc[n+](CCc2ccccc2)c2ccccc12.[I-]. The molecule has 3 aromatic rings. The van der Waals surface area contributed by atoms with Gasteiger partial charge in [0.15, 0.2) is 12.7 Å². The summed E-state index contributed by atoms with van der Waals surface area (Å²) >= 11 is 0. The lowest BCUT2D eigenvalue weighted by Gasteiger charge is -2.04. The van der Waals surface area contributed by atoms with Gasteiger partial charge in [-0.1, -0.05) is 42.5 Å². The minimum Gasteiger partial charge on any atom is -1.00 e. The molecule has 0 saturated carbocycles. The molecule has 0 aliphatic heterocycles. The molecule has 0 unspecified atom stereocenters. The summed E-state index contributed by atoms with van der Waals surface area (Å²) in [6.07, 6.45) is 3.10. The number of hydrogen-bond acceptors (Lipinski definition) is 1. The van der Waals surface area contributed by atoms with Crippen LogP contribution in [0.15, 0.2) is 66.9 Å². The number of benzene rings is 2. The van der Waals surface area contributed by atoms with E-state index in [9.17, 15) is 0 Å². The lowest BCUT2D eigenvalue weighted by Crippen LogP contribution is -3.00. The number of pyridine rings is 1. The second-order valence-electron chi connectivity index (χ2n) is 4.72. The molecule has 2 N–H and O–H groups in total. The number of fused-ring (bicyclic) bond motifs is 1. The van der Waals surface area contributed by atoms with E-state index in [4.69, 9.17) is 5.73 Å². The average molecular weight is 376 g/mol. The lowest BCUT2D eigenvalue weighted by atomic mass is 10.1. The fraction of sp³-hybridized carbons (Fsp3) is 0.118. The molecule has 2 aromatic carbocycles. The van der Waals surface area contributed by atoms with Crippen LogP contribution in [0.2, 0.25) is 0 Å². The van der Waals surface area contributed by atoms with Gasteiger partial charge in [0.2, 0.25) is 5.52 Å². The molecule has 0 fully saturated rings. The molecule has 0 saturated heterocycles. The summed E-state index contributed by atoms with van der Waals surface area (Å²) in [7, 11) is 0. The zero-order chi connectivity index (χ0) is 13.1. The fourth-order valence-electron chi connectivity index (χ4n) is 2.40. The molecule has 0 bridgehead atoms. The van der Waals surface area contributed by atoms with Crippen molar-refractivity contribution in [1.82, 2.24) is 0 Å². The lowest BCUT2D eigenvalue weighted by molar-refractivity contribution is -0.670. The summed E-state index contributed by atoms with van der Waals surface area (Å²) in [5.74, 6) is 0. The molecule has 20 heavy (non-hydrogen) atoms. The molecule has 0 aliphatic carbocycles. The van der Waals surface area contributed by atoms with Gasteiger partial charge in [-0.15, -0.1) is 0 Å². The number of aryl methyl sites for hydroxylation is 2. The Morgan fingerprint density at radius 1 is 0.850 bits per heavy atom. The molecule has 0 amide bonds. The summed E-state index contributed by atoms with van der Waals surface area (Å²) < 4.78 is 2.26. The van der Waals surface area contributed by atoms with Gasteiger partial charge < -0.3 is 29.7 Å². The first-order valence-corrected chi connectivity index (χ1v) is 6.55. The highest BCUT2D eigenvalue weighted by Crippen LogP contribution is 2.16. The maximum atomic E-state index is 6.02.